The number of ether oxygens (including phenoxy) is 1. The standard InChI is InChI=1S/C21H21N3O3S2/c1-13(25)22-14-8-9-17-19(11-14)29-21(23-17)24-20(26)16-6-2-3-7-18(16)28-12-15-5-4-10-27-15/h2-3,6-9,11,15H,4-5,10,12H2,1H3,(H,22,25)(H,23,24,26). The Kier molecular flexibility index (Phi) is 6.13. The van der Waals surface area contributed by atoms with Crippen LogP contribution in [0.1, 0.15) is 30.1 Å². The van der Waals surface area contributed by atoms with Crippen LogP contribution in [-0.4, -0.2) is 35.3 Å². The minimum absolute atomic E-state index is 0.125. The Morgan fingerprint density at radius 1 is 1.24 bits per heavy atom. The molecule has 1 aromatic heterocycles. The molecule has 150 valence electrons. The van der Waals surface area contributed by atoms with Gasteiger partial charge in [-0.25, -0.2) is 4.98 Å². The largest absolute Gasteiger partial charge is 0.377 e. The predicted octanol–water partition coefficient (Wildman–Crippen LogP) is 4.78. The van der Waals surface area contributed by atoms with Crippen molar-refractivity contribution < 1.29 is 14.3 Å². The smallest absolute Gasteiger partial charge is 0.258 e. The number of thiazole rings is 1. The molecule has 1 aliphatic rings. The highest BCUT2D eigenvalue weighted by Crippen LogP contribution is 2.30. The molecule has 0 aliphatic carbocycles. The zero-order chi connectivity index (χ0) is 20.2. The van der Waals surface area contributed by atoms with Crippen LogP contribution in [0.5, 0.6) is 0 Å². The van der Waals surface area contributed by atoms with E-state index in [0.717, 1.165) is 40.3 Å². The molecule has 0 spiro atoms. The molecule has 1 fully saturated rings. The number of benzene rings is 2. The lowest BCUT2D eigenvalue weighted by molar-refractivity contribution is -0.114. The third kappa shape index (κ3) is 4.95. The maximum atomic E-state index is 12.9. The van der Waals surface area contributed by atoms with Crippen molar-refractivity contribution in [1.29, 1.82) is 0 Å². The van der Waals surface area contributed by atoms with Crippen molar-refractivity contribution in [3.05, 3.63) is 48.0 Å². The zero-order valence-corrected chi connectivity index (χ0v) is 17.6. The Balaban J connectivity index is 1.48. The number of thioether (sulfide) groups is 1. The molecule has 4 rings (SSSR count). The maximum absolute atomic E-state index is 12.9. The van der Waals surface area contributed by atoms with Crippen LogP contribution < -0.4 is 10.6 Å². The summed E-state index contributed by atoms with van der Waals surface area (Å²) in [5, 5.41) is 6.20. The van der Waals surface area contributed by atoms with E-state index in [1.807, 2.05) is 36.4 Å². The fourth-order valence-electron chi connectivity index (χ4n) is 3.16. The van der Waals surface area contributed by atoms with Gasteiger partial charge < -0.3 is 10.1 Å². The maximum Gasteiger partial charge on any atom is 0.258 e. The minimum Gasteiger partial charge on any atom is -0.377 e. The summed E-state index contributed by atoms with van der Waals surface area (Å²) in [5.41, 5.74) is 2.12. The van der Waals surface area contributed by atoms with E-state index in [0.29, 0.717) is 16.4 Å². The lowest BCUT2D eigenvalue weighted by Crippen LogP contribution is -2.14. The lowest BCUT2D eigenvalue weighted by Gasteiger charge is -2.11. The number of carbonyl (C=O) groups is 2. The molecular formula is C21H21N3O3S2. The summed E-state index contributed by atoms with van der Waals surface area (Å²) in [4.78, 5) is 29.5. The van der Waals surface area contributed by atoms with E-state index < -0.39 is 0 Å². The Morgan fingerprint density at radius 2 is 2.10 bits per heavy atom. The number of aromatic nitrogens is 1. The van der Waals surface area contributed by atoms with Crippen LogP contribution in [0.15, 0.2) is 47.4 Å². The zero-order valence-electron chi connectivity index (χ0n) is 15.9. The van der Waals surface area contributed by atoms with Gasteiger partial charge >= 0.3 is 0 Å². The fourth-order valence-corrected chi connectivity index (χ4v) is 5.18. The molecule has 0 saturated carbocycles. The molecule has 1 aliphatic heterocycles. The molecule has 6 nitrogen and oxygen atoms in total. The predicted molar refractivity (Wildman–Crippen MR) is 118 cm³/mol. The van der Waals surface area contributed by atoms with Gasteiger partial charge in [0.15, 0.2) is 5.13 Å². The molecule has 29 heavy (non-hydrogen) atoms. The highest BCUT2D eigenvalue weighted by Gasteiger charge is 2.18. The first-order valence-corrected chi connectivity index (χ1v) is 11.2. The molecule has 8 heteroatoms. The van der Waals surface area contributed by atoms with E-state index in [-0.39, 0.29) is 17.9 Å². The van der Waals surface area contributed by atoms with Gasteiger partial charge in [-0.05, 0) is 43.2 Å². The Bertz CT molecular complexity index is 1040. The van der Waals surface area contributed by atoms with Gasteiger partial charge in [-0.15, -0.1) is 11.8 Å². The van der Waals surface area contributed by atoms with Gasteiger partial charge in [0.2, 0.25) is 5.91 Å². The lowest BCUT2D eigenvalue weighted by atomic mass is 10.2. The third-order valence-electron chi connectivity index (χ3n) is 4.51. The molecule has 0 radical (unpaired) electrons. The van der Waals surface area contributed by atoms with E-state index in [1.165, 1.54) is 18.3 Å². The van der Waals surface area contributed by atoms with Crippen molar-refractivity contribution in [2.24, 2.45) is 0 Å². The topological polar surface area (TPSA) is 80.3 Å². The monoisotopic (exact) mass is 427 g/mol. The second kappa shape index (κ2) is 8.94. The van der Waals surface area contributed by atoms with Crippen LogP contribution >= 0.6 is 23.1 Å². The normalized spacial score (nSPS) is 16.1. The summed E-state index contributed by atoms with van der Waals surface area (Å²) in [6.07, 6.45) is 2.44. The second-order valence-corrected chi connectivity index (χ2v) is 8.87. The molecule has 1 unspecified atom stereocenters. The van der Waals surface area contributed by atoms with Crippen molar-refractivity contribution in [1.82, 2.24) is 4.98 Å². The highest BCUT2D eigenvalue weighted by atomic mass is 32.2. The minimum atomic E-state index is -0.179. The molecule has 3 aromatic rings. The molecule has 1 atom stereocenters. The van der Waals surface area contributed by atoms with Gasteiger partial charge in [0, 0.05) is 29.9 Å². The van der Waals surface area contributed by atoms with Crippen LogP contribution in [0.4, 0.5) is 10.8 Å². The Morgan fingerprint density at radius 3 is 2.90 bits per heavy atom. The number of rotatable bonds is 6. The Hall–Kier alpha value is -2.42. The van der Waals surface area contributed by atoms with E-state index in [4.69, 9.17) is 4.74 Å². The van der Waals surface area contributed by atoms with Gasteiger partial charge in [0.25, 0.3) is 5.91 Å². The average molecular weight is 428 g/mol. The SMILES string of the molecule is CC(=O)Nc1ccc2nc(NC(=O)c3ccccc3SCC3CCCO3)sc2c1. The number of carbonyl (C=O) groups excluding carboxylic acids is 2. The number of anilines is 2. The summed E-state index contributed by atoms with van der Waals surface area (Å²) in [6.45, 7) is 2.30. The van der Waals surface area contributed by atoms with Gasteiger partial charge in [-0.2, -0.15) is 0 Å². The van der Waals surface area contributed by atoms with Gasteiger partial charge in [0.05, 0.1) is 21.9 Å². The van der Waals surface area contributed by atoms with Crippen molar-refractivity contribution in [3.8, 4) is 0 Å². The number of hydrogen-bond acceptors (Lipinski definition) is 6. The molecule has 0 bridgehead atoms. The molecule has 2 N–H and O–H groups in total. The van der Waals surface area contributed by atoms with Crippen molar-refractivity contribution >= 4 is 55.9 Å². The van der Waals surface area contributed by atoms with Crippen LogP contribution in [0.3, 0.4) is 0 Å². The van der Waals surface area contributed by atoms with E-state index in [9.17, 15) is 9.59 Å². The van der Waals surface area contributed by atoms with E-state index >= 15 is 0 Å². The molecule has 2 heterocycles. The highest BCUT2D eigenvalue weighted by molar-refractivity contribution is 7.99. The van der Waals surface area contributed by atoms with E-state index in [2.05, 4.69) is 15.6 Å². The summed E-state index contributed by atoms with van der Waals surface area (Å²) in [6, 6.07) is 13.1. The first kappa shape index (κ1) is 19.9. The number of amides is 2. The first-order chi connectivity index (χ1) is 14.1. The molecular weight excluding hydrogens is 406 g/mol. The van der Waals surface area contributed by atoms with Crippen LogP contribution in [0.25, 0.3) is 10.2 Å². The van der Waals surface area contributed by atoms with Crippen molar-refractivity contribution in [2.75, 3.05) is 23.0 Å². The van der Waals surface area contributed by atoms with Crippen LogP contribution in [0.2, 0.25) is 0 Å². The Labute approximate surface area is 177 Å². The number of nitrogens with zero attached hydrogens (tertiary/aromatic N) is 1. The molecule has 2 amide bonds. The van der Waals surface area contributed by atoms with Gasteiger partial charge in [0.1, 0.15) is 0 Å². The van der Waals surface area contributed by atoms with Gasteiger partial charge in [-0.1, -0.05) is 23.5 Å². The summed E-state index contributed by atoms with van der Waals surface area (Å²) in [7, 11) is 0. The fraction of sp³-hybridized carbons (Fsp3) is 0.286. The van der Waals surface area contributed by atoms with Gasteiger partial charge in [-0.3, -0.25) is 14.9 Å². The average Bonchev–Trinajstić information content (AvgIpc) is 3.35. The molecule has 2 aromatic carbocycles. The van der Waals surface area contributed by atoms with Crippen LogP contribution in [0, 0.1) is 0 Å². The second-order valence-electron chi connectivity index (χ2n) is 6.78. The first-order valence-electron chi connectivity index (χ1n) is 9.41. The number of nitrogens with one attached hydrogen (secondary N) is 2. The van der Waals surface area contributed by atoms with Crippen LogP contribution in [-0.2, 0) is 9.53 Å². The quantitative estimate of drug-likeness (QED) is 0.554. The number of hydrogen-bond donors (Lipinski definition) is 2. The van der Waals surface area contributed by atoms with E-state index in [1.54, 1.807) is 17.8 Å². The van der Waals surface area contributed by atoms with Crippen molar-refractivity contribution in [3.63, 3.8) is 0 Å². The summed E-state index contributed by atoms with van der Waals surface area (Å²) in [5.74, 6) is 0.540. The van der Waals surface area contributed by atoms with Crippen molar-refractivity contribution in [2.45, 2.75) is 30.8 Å². The summed E-state index contributed by atoms with van der Waals surface area (Å²) < 4.78 is 6.58. The third-order valence-corrected chi connectivity index (χ3v) is 6.65. The molecule has 1 saturated heterocycles. The number of fused-ring (bicyclic) bond motifs is 1. The summed E-state index contributed by atoms with van der Waals surface area (Å²) >= 11 is 3.03.